The van der Waals surface area contributed by atoms with Crippen LogP contribution in [-0.4, -0.2) is 16.8 Å². The first-order valence-electron chi connectivity index (χ1n) is 11.2. The maximum atomic E-state index is 13.0. The van der Waals surface area contributed by atoms with Crippen LogP contribution >= 0.6 is 11.3 Å². The molecule has 33 heavy (non-hydrogen) atoms. The standard InChI is InChI=1S/C27H29N3O2S/c1-27(2,3)20-12-9-18(10-13-20)11-14-23(31)30-26-24(21-7-4-8-22(21)33-26)25(32)29-17-19-6-5-15-28-16-19/h5-6,9-16H,4,7-8,17H2,1-3H3,(H,29,32)(H,30,31)/b14-11+. The summed E-state index contributed by atoms with van der Waals surface area (Å²) in [6, 6.07) is 12.0. The molecule has 3 aromatic rings. The Morgan fingerprint density at radius 1 is 1.12 bits per heavy atom. The summed E-state index contributed by atoms with van der Waals surface area (Å²) in [5.41, 5.74) is 4.91. The van der Waals surface area contributed by atoms with Gasteiger partial charge in [-0.1, -0.05) is 51.1 Å². The second-order valence-electron chi connectivity index (χ2n) is 9.30. The van der Waals surface area contributed by atoms with Gasteiger partial charge in [-0.15, -0.1) is 11.3 Å². The van der Waals surface area contributed by atoms with Crippen molar-refractivity contribution in [2.24, 2.45) is 0 Å². The number of amides is 2. The zero-order valence-corrected chi connectivity index (χ0v) is 20.1. The number of anilines is 1. The molecule has 2 heterocycles. The van der Waals surface area contributed by atoms with Crippen LogP contribution in [-0.2, 0) is 29.6 Å². The van der Waals surface area contributed by atoms with Crippen molar-refractivity contribution in [3.63, 3.8) is 0 Å². The van der Waals surface area contributed by atoms with E-state index in [1.54, 1.807) is 18.5 Å². The van der Waals surface area contributed by atoms with Crippen LogP contribution in [0.25, 0.3) is 6.08 Å². The second-order valence-corrected chi connectivity index (χ2v) is 10.4. The lowest BCUT2D eigenvalue weighted by Gasteiger charge is -2.18. The number of hydrogen-bond acceptors (Lipinski definition) is 4. The second kappa shape index (κ2) is 9.71. The summed E-state index contributed by atoms with van der Waals surface area (Å²) in [6.07, 6.45) is 9.63. The first-order chi connectivity index (χ1) is 15.8. The molecule has 6 heteroatoms. The third-order valence-corrected chi connectivity index (χ3v) is 6.97. The molecule has 2 amide bonds. The molecule has 1 aromatic carbocycles. The number of hydrogen-bond donors (Lipinski definition) is 2. The summed E-state index contributed by atoms with van der Waals surface area (Å²) in [4.78, 5) is 31.0. The minimum absolute atomic E-state index is 0.0905. The van der Waals surface area contributed by atoms with Gasteiger partial charge in [0, 0.05) is 29.9 Å². The molecule has 2 N–H and O–H groups in total. The monoisotopic (exact) mass is 459 g/mol. The Kier molecular flexibility index (Phi) is 6.75. The zero-order chi connectivity index (χ0) is 23.4. The van der Waals surface area contributed by atoms with E-state index in [2.05, 4.69) is 48.5 Å². The van der Waals surface area contributed by atoms with Crippen molar-refractivity contribution in [1.29, 1.82) is 0 Å². The van der Waals surface area contributed by atoms with E-state index in [1.807, 2.05) is 24.3 Å². The van der Waals surface area contributed by atoms with E-state index < -0.39 is 0 Å². The smallest absolute Gasteiger partial charge is 0.254 e. The van der Waals surface area contributed by atoms with Gasteiger partial charge in [-0.3, -0.25) is 14.6 Å². The van der Waals surface area contributed by atoms with Crippen LogP contribution in [0.1, 0.15) is 64.7 Å². The molecule has 170 valence electrons. The van der Waals surface area contributed by atoms with Crippen molar-refractivity contribution >= 4 is 34.2 Å². The van der Waals surface area contributed by atoms with E-state index in [9.17, 15) is 9.59 Å². The first-order valence-corrected chi connectivity index (χ1v) is 12.0. The van der Waals surface area contributed by atoms with Crippen molar-refractivity contribution in [3.05, 3.63) is 87.6 Å². The number of thiophene rings is 1. The van der Waals surface area contributed by atoms with Crippen molar-refractivity contribution in [2.75, 3.05) is 5.32 Å². The number of rotatable bonds is 6. The van der Waals surface area contributed by atoms with Gasteiger partial charge < -0.3 is 10.6 Å². The van der Waals surface area contributed by atoms with E-state index in [-0.39, 0.29) is 17.2 Å². The normalized spacial score (nSPS) is 13.2. The van der Waals surface area contributed by atoms with E-state index in [0.29, 0.717) is 17.1 Å². The molecular weight excluding hydrogens is 430 g/mol. The highest BCUT2D eigenvalue weighted by Gasteiger charge is 2.27. The quantitative estimate of drug-likeness (QED) is 0.478. The Morgan fingerprint density at radius 2 is 1.91 bits per heavy atom. The fourth-order valence-electron chi connectivity index (χ4n) is 3.93. The van der Waals surface area contributed by atoms with Gasteiger partial charge in [-0.05, 0) is 59.1 Å². The largest absolute Gasteiger partial charge is 0.348 e. The van der Waals surface area contributed by atoms with Crippen LogP contribution in [0.15, 0.2) is 54.9 Å². The fourth-order valence-corrected chi connectivity index (χ4v) is 5.22. The molecule has 0 fully saturated rings. The average molecular weight is 460 g/mol. The lowest BCUT2D eigenvalue weighted by atomic mass is 9.87. The van der Waals surface area contributed by atoms with Crippen molar-refractivity contribution < 1.29 is 9.59 Å². The summed E-state index contributed by atoms with van der Waals surface area (Å²) in [6.45, 7) is 6.92. The van der Waals surface area contributed by atoms with E-state index >= 15 is 0 Å². The molecular formula is C27H29N3O2S. The molecule has 0 spiro atoms. The van der Waals surface area contributed by atoms with Gasteiger partial charge in [-0.2, -0.15) is 0 Å². The molecule has 4 rings (SSSR count). The molecule has 2 aromatic heterocycles. The van der Waals surface area contributed by atoms with Crippen LogP contribution in [0, 0.1) is 0 Å². The number of aryl methyl sites for hydroxylation is 1. The number of nitrogens with zero attached hydrogens (tertiary/aromatic N) is 1. The van der Waals surface area contributed by atoms with Crippen LogP contribution in [0.3, 0.4) is 0 Å². The predicted octanol–water partition coefficient (Wildman–Crippen LogP) is 5.51. The van der Waals surface area contributed by atoms with Crippen molar-refractivity contribution in [3.8, 4) is 0 Å². The lowest BCUT2D eigenvalue weighted by Crippen LogP contribution is -2.24. The minimum Gasteiger partial charge on any atom is -0.348 e. The molecule has 0 atom stereocenters. The first kappa shape index (κ1) is 22.9. The number of nitrogens with one attached hydrogen (secondary N) is 2. The third-order valence-electron chi connectivity index (χ3n) is 5.76. The van der Waals surface area contributed by atoms with Gasteiger partial charge in [0.05, 0.1) is 5.56 Å². The number of pyridine rings is 1. The van der Waals surface area contributed by atoms with Gasteiger partial charge in [0.1, 0.15) is 5.00 Å². The molecule has 1 aliphatic rings. The summed E-state index contributed by atoms with van der Waals surface area (Å²) >= 11 is 1.51. The Balaban J connectivity index is 1.46. The molecule has 0 unspecified atom stereocenters. The van der Waals surface area contributed by atoms with Gasteiger partial charge in [-0.25, -0.2) is 0 Å². The zero-order valence-electron chi connectivity index (χ0n) is 19.3. The molecule has 0 radical (unpaired) electrons. The molecule has 1 aliphatic carbocycles. The topological polar surface area (TPSA) is 71.1 Å². The van der Waals surface area contributed by atoms with Crippen LogP contribution < -0.4 is 10.6 Å². The minimum atomic E-state index is -0.240. The Morgan fingerprint density at radius 3 is 2.61 bits per heavy atom. The van der Waals surface area contributed by atoms with Gasteiger partial charge in [0.25, 0.3) is 5.91 Å². The van der Waals surface area contributed by atoms with E-state index in [0.717, 1.165) is 36.0 Å². The van der Waals surface area contributed by atoms with Crippen LogP contribution in [0.2, 0.25) is 0 Å². The van der Waals surface area contributed by atoms with E-state index in [4.69, 9.17) is 0 Å². The summed E-state index contributed by atoms with van der Waals surface area (Å²) in [7, 11) is 0. The highest BCUT2D eigenvalue weighted by Crippen LogP contribution is 2.39. The maximum Gasteiger partial charge on any atom is 0.254 e. The molecule has 0 bridgehead atoms. The maximum absolute atomic E-state index is 13.0. The van der Waals surface area contributed by atoms with Crippen molar-refractivity contribution in [2.45, 2.75) is 52.0 Å². The summed E-state index contributed by atoms with van der Waals surface area (Å²) in [5.74, 6) is -0.397. The van der Waals surface area contributed by atoms with Crippen LogP contribution in [0.5, 0.6) is 0 Å². The molecule has 0 saturated carbocycles. The summed E-state index contributed by atoms with van der Waals surface area (Å²) in [5, 5.41) is 6.55. The summed E-state index contributed by atoms with van der Waals surface area (Å²) < 4.78 is 0. The fraction of sp³-hybridized carbons (Fsp3) is 0.296. The highest BCUT2D eigenvalue weighted by atomic mass is 32.1. The number of fused-ring (bicyclic) bond motifs is 1. The van der Waals surface area contributed by atoms with Crippen LogP contribution in [0.4, 0.5) is 5.00 Å². The molecule has 0 aliphatic heterocycles. The van der Waals surface area contributed by atoms with E-state index in [1.165, 1.54) is 27.9 Å². The highest BCUT2D eigenvalue weighted by molar-refractivity contribution is 7.17. The number of carbonyl (C=O) groups is 2. The molecule has 0 saturated heterocycles. The van der Waals surface area contributed by atoms with Gasteiger partial charge in [0.2, 0.25) is 5.91 Å². The lowest BCUT2D eigenvalue weighted by molar-refractivity contribution is -0.111. The molecule has 5 nitrogen and oxygen atoms in total. The Hall–Kier alpha value is -3.25. The number of aromatic nitrogens is 1. The van der Waals surface area contributed by atoms with Gasteiger partial charge >= 0.3 is 0 Å². The predicted molar refractivity (Wildman–Crippen MR) is 135 cm³/mol. The Bertz CT molecular complexity index is 1170. The SMILES string of the molecule is CC(C)(C)c1ccc(/C=C/C(=O)Nc2sc3c(c2C(=O)NCc2cccnc2)CCC3)cc1. The number of benzene rings is 1. The van der Waals surface area contributed by atoms with Crippen molar-refractivity contribution in [1.82, 2.24) is 10.3 Å². The average Bonchev–Trinajstić information content (AvgIpc) is 3.37. The Labute approximate surface area is 199 Å². The third kappa shape index (κ3) is 5.57. The number of carbonyl (C=O) groups excluding carboxylic acids is 2. The van der Waals surface area contributed by atoms with Gasteiger partial charge in [0.15, 0.2) is 0 Å².